The van der Waals surface area contributed by atoms with Crippen molar-refractivity contribution in [2.45, 2.75) is 32.1 Å². The number of allylic oxidation sites excluding steroid dienone is 2. The Kier molecular flexibility index (Phi) is 8.82. The summed E-state index contributed by atoms with van der Waals surface area (Å²) in [5.41, 5.74) is 23.7. The van der Waals surface area contributed by atoms with Crippen LogP contribution in [-0.2, 0) is 11.8 Å². The molecule has 0 saturated heterocycles. The zero-order chi connectivity index (χ0) is 43.1. The van der Waals surface area contributed by atoms with Crippen LogP contribution in [0.15, 0.2) is 194 Å². The van der Waals surface area contributed by atoms with Crippen LogP contribution in [0.25, 0.3) is 93.6 Å². The first-order valence-electron chi connectivity index (χ1n) is 22.2. The SMILES string of the molecule is C=C(N=C(/C=C(\N)c1ccccc1)c1ccccc1)n1c2ccc(-c3ccc4c5c(cccc35)C(C)(C)c3ccccc3-4)cc2c2cc(-c3cccc4c5c(sc34)C=CCC5)ccc21. The molecule has 8 aromatic carbocycles. The number of hydrogen-bond donors (Lipinski definition) is 1. The Morgan fingerprint density at radius 1 is 0.625 bits per heavy atom. The molecule has 0 radical (unpaired) electrons. The first-order valence-corrected chi connectivity index (χ1v) is 23.0. The lowest BCUT2D eigenvalue weighted by Gasteiger charge is -2.35. The zero-order valence-electron chi connectivity index (χ0n) is 35.9. The number of rotatable bonds is 7. The van der Waals surface area contributed by atoms with E-state index in [-0.39, 0.29) is 5.41 Å². The standard InChI is InChI=1S/C60H45N3S/c1-37(62-54(39-18-8-5-9-19-39)36-53(61)38-16-6-4-7-17-38)63-55-32-28-40(42-30-31-47-44-20-10-12-25-51(44)60(2,3)52-26-15-23-46(42)58(47)52)34-49(55)50-35-41(29-33-56(50)63)43-22-14-24-48-45-21-11-13-27-57(45)64-59(43)48/h4-10,12-20,22-36H,1,11,21,61H2,2-3H3/b53-36-,62-54?. The topological polar surface area (TPSA) is 43.3 Å². The van der Waals surface area contributed by atoms with Crippen LogP contribution in [0.4, 0.5) is 0 Å². The molecule has 10 aromatic rings. The summed E-state index contributed by atoms with van der Waals surface area (Å²) in [5.74, 6) is 0.610. The first kappa shape index (κ1) is 38.2. The number of hydrogen-bond acceptors (Lipinski definition) is 3. The molecule has 2 aromatic heterocycles. The molecule has 0 fully saturated rings. The monoisotopic (exact) mass is 839 g/mol. The Bertz CT molecular complexity index is 3650. The molecule has 0 saturated carbocycles. The highest BCUT2D eigenvalue weighted by atomic mass is 32.1. The van der Waals surface area contributed by atoms with Gasteiger partial charge in [-0.3, -0.25) is 4.57 Å². The molecule has 0 bridgehead atoms. The van der Waals surface area contributed by atoms with Crippen LogP contribution in [0, 0.1) is 0 Å². The molecular formula is C60H45N3S. The zero-order valence-corrected chi connectivity index (χ0v) is 36.7. The minimum atomic E-state index is -0.128. The summed E-state index contributed by atoms with van der Waals surface area (Å²) in [7, 11) is 0. The fourth-order valence-electron chi connectivity index (χ4n) is 10.5. The number of fused-ring (bicyclic) bond motifs is 8. The molecule has 0 unspecified atom stereocenters. The summed E-state index contributed by atoms with van der Waals surface area (Å²) < 4.78 is 3.57. The minimum Gasteiger partial charge on any atom is -0.398 e. The highest BCUT2D eigenvalue weighted by Gasteiger charge is 2.33. The smallest absolute Gasteiger partial charge is 0.131 e. The fraction of sp³-hybridized carbons (Fsp3) is 0.0833. The summed E-state index contributed by atoms with van der Waals surface area (Å²) in [5, 5.41) is 6.29. The first-order chi connectivity index (χ1) is 31.3. The van der Waals surface area contributed by atoms with Crippen LogP contribution in [-0.4, -0.2) is 10.3 Å². The van der Waals surface area contributed by atoms with Gasteiger partial charge in [0.25, 0.3) is 0 Å². The van der Waals surface area contributed by atoms with Crippen LogP contribution in [0.2, 0.25) is 0 Å². The number of thiophene rings is 1. The largest absolute Gasteiger partial charge is 0.398 e. The second kappa shape index (κ2) is 14.8. The van der Waals surface area contributed by atoms with E-state index < -0.39 is 0 Å². The number of aromatic nitrogens is 1. The van der Waals surface area contributed by atoms with Crippen molar-refractivity contribution in [1.82, 2.24) is 4.57 Å². The van der Waals surface area contributed by atoms with Gasteiger partial charge in [0.2, 0.25) is 0 Å². The van der Waals surface area contributed by atoms with Gasteiger partial charge in [0.1, 0.15) is 5.82 Å². The summed E-state index contributed by atoms with van der Waals surface area (Å²) >= 11 is 1.91. The van der Waals surface area contributed by atoms with Gasteiger partial charge in [-0.05, 0) is 121 Å². The van der Waals surface area contributed by atoms with Gasteiger partial charge >= 0.3 is 0 Å². The molecule has 64 heavy (non-hydrogen) atoms. The molecule has 4 heteroatoms. The third-order valence-corrected chi connectivity index (χ3v) is 14.9. The van der Waals surface area contributed by atoms with Gasteiger partial charge in [0, 0.05) is 37.0 Å². The Balaban J connectivity index is 1.08. The van der Waals surface area contributed by atoms with Crippen molar-refractivity contribution < 1.29 is 0 Å². The molecule has 2 aliphatic carbocycles. The van der Waals surface area contributed by atoms with Crippen molar-refractivity contribution in [3.63, 3.8) is 0 Å². The van der Waals surface area contributed by atoms with Gasteiger partial charge in [0.05, 0.1) is 16.7 Å². The molecule has 3 nitrogen and oxygen atoms in total. The van der Waals surface area contributed by atoms with Crippen molar-refractivity contribution in [2.24, 2.45) is 10.7 Å². The van der Waals surface area contributed by atoms with E-state index in [0.717, 1.165) is 51.5 Å². The predicted molar refractivity (Wildman–Crippen MR) is 275 cm³/mol. The Morgan fingerprint density at radius 2 is 1.25 bits per heavy atom. The van der Waals surface area contributed by atoms with Crippen LogP contribution in [0.1, 0.15) is 53.0 Å². The molecule has 2 aliphatic rings. The van der Waals surface area contributed by atoms with Gasteiger partial charge in [-0.1, -0.05) is 172 Å². The molecule has 0 amide bonds. The van der Waals surface area contributed by atoms with Crippen molar-refractivity contribution >= 4 is 77.3 Å². The van der Waals surface area contributed by atoms with E-state index in [4.69, 9.17) is 17.3 Å². The molecule has 2 heterocycles. The van der Waals surface area contributed by atoms with Crippen molar-refractivity contribution in [3.8, 4) is 33.4 Å². The maximum absolute atomic E-state index is 6.77. The van der Waals surface area contributed by atoms with E-state index >= 15 is 0 Å². The summed E-state index contributed by atoms with van der Waals surface area (Å²) in [4.78, 5) is 6.71. The number of nitrogens with zero attached hydrogens (tertiary/aromatic N) is 2. The van der Waals surface area contributed by atoms with E-state index in [9.17, 15) is 0 Å². The van der Waals surface area contributed by atoms with Gasteiger partial charge in [-0.15, -0.1) is 11.3 Å². The third kappa shape index (κ3) is 5.97. The number of aliphatic imine (C=N–C) groups is 1. The summed E-state index contributed by atoms with van der Waals surface area (Å²) in [6.07, 6.45) is 8.77. The molecular weight excluding hydrogens is 795 g/mol. The highest BCUT2D eigenvalue weighted by molar-refractivity contribution is 7.20. The van der Waals surface area contributed by atoms with Gasteiger partial charge in [0.15, 0.2) is 0 Å². The van der Waals surface area contributed by atoms with Crippen molar-refractivity contribution in [1.29, 1.82) is 0 Å². The van der Waals surface area contributed by atoms with Crippen LogP contribution >= 0.6 is 11.3 Å². The maximum atomic E-state index is 6.77. The van der Waals surface area contributed by atoms with Crippen molar-refractivity contribution in [3.05, 3.63) is 221 Å². The summed E-state index contributed by atoms with van der Waals surface area (Å²) in [6, 6.07) is 61.4. The predicted octanol–water partition coefficient (Wildman–Crippen LogP) is 15.7. The fourth-order valence-corrected chi connectivity index (χ4v) is 11.8. The van der Waals surface area contributed by atoms with Crippen LogP contribution < -0.4 is 5.73 Å². The lowest BCUT2D eigenvalue weighted by molar-refractivity contribution is 0.645. The van der Waals surface area contributed by atoms with Gasteiger partial charge in [-0.2, -0.15) is 0 Å². The minimum absolute atomic E-state index is 0.128. The number of nitrogens with two attached hydrogens (primary N) is 1. The Hall–Kier alpha value is -7.53. The highest BCUT2D eigenvalue weighted by Crippen LogP contribution is 2.51. The molecule has 0 spiro atoms. The van der Waals surface area contributed by atoms with E-state index in [0.29, 0.717) is 11.5 Å². The van der Waals surface area contributed by atoms with E-state index in [1.807, 2.05) is 65.9 Å². The number of aryl methyl sites for hydroxylation is 1. The average molecular weight is 840 g/mol. The molecule has 306 valence electrons. The molecule has 0 atom stereocenters. The van der Waals surface area contributed by atoms with Crippen molar-refractivity contribution in [2.75, 3.05) is 0 Å². The summed E-state index contributed by atoms with van der Waals surface area (Å²) in [6.45, 7) is 9.42. The maximum Gasteiger partial charge on any atom is 0.131 e. The van der Waals surface area contributed by atoms with Crippen LogP contribution in [0.5, 0.6) is 0 Å². The number of benzene rings is 8. The third-order valence-electron chi connectivity index (χ3n) is 13.6. The van der Waals surface area contributed by atoms with E-state index in [1.165, 1.54) is 75.8 Å². The van der Waals surface area contributed by atoms with Gasteiger partial charge in [-0.25, -0.2) is 4.99 Å². The lowest BCUT2D eigenvalue weighted by Crippen LogP contribution is -2.23. The Morgan fingerprint density at radius 3 is 2.02 bits per heavy atom. The second-order valence-corrected chi connectivity index (χ2v) is 18.7. The van der Waals surface area contributed by atoms with Gasteiger partial charge < -0.3 is 5.73 Å². The molecule has 2 N–H and O–H groups in total. The molecule has 0 aliphatic heterocycles. The van der Waals surface area contributed by atoms with E-state index in [1.54, 1.807) is 0 Å². The lowest BCUT2D eigenvalue weighted by atomic mass is 9.68. The van der Waals surface area contributed by atoms with Crippen LogP contribution in [0.3, 0.4) is 0 Å². The normalized spacial score (nSPS) is 14.3. The van der Waals surface area contributed by atoms with E-state index in [2.05, 4.69) is 152 Å². The molecule has 12 rings (SSSR count). The quantitative estimate of drug-likeness (QED) is 0.160. The average Bonchev–Trinajstić information content (AvgIpc) is 3.89. The Labute approximate surface area is 377 Å². The second-order valence-electron chi connectivity index (χ2n) is 17.7.